The predicted molar refractivity (Wildman–Crippen MR) is 99.3 cm³/mol. The maximum Gasteiger partial charge on any atom is 0.244 e. The molecule has 0 radical (unpaired) electrons. The van der Waals surface area contributed by atoms with E-state index in [4.69, 9.17) is 4.74 Å². The van der Waals surface area contributed by atoms with Gasteiger partial charge in [-0.1, -0.05) is 0 Å². The molecule has 0 aliphatic carbocycles. The Balaban J connectivity index is 1.49. The first-order valence-corrected chi connectivity index (χ1v) is 9.18. The van der Waals surface area contributed by atoms with Crippen molar-refractivity contribution >= 4 is 5.91 Å². The van der Waals surface area contributed by atoms with E-state index in [2.05, 4.69) is 15.1 Å². The largest absolute Gasteiger partial charge is 0.437 e. The molecule has 1 aromatic carbocycles. The normalized spacial score (nSPS) is 16.8. The summed E-state index contributed by atoms with van der Waals surface area (Å²) in [6.07, 6.45) is 8.39. The third-order valence-electron chi connectivity index (χ3n) is 4.74. The summed E-state index contributed by atoms with van der Waals surface area (Å²) in [6.45, 7) is 1.49. The number of hydrogen-bond acceptors (Lipinski definition) is 5. The van der Waals surface area contributed by atoms with E-state index in [1.165, 1.54) is 12.1 Å². The topological polar surface area (TPSA) is 73.1 Å². The van der Waals surface area contributed by atoms with Crippen molar-refractivity contribution in [1.29, 1.82) is 0 Å². The van der Waals surface area contributed by atoms with Gasteiger partial charge in [0.15, 0.2) is 0 Å². The van der Waals surface area contributed by atoms with Crippen molar-refractivity contribution in [3.05, 3.63) is 66.6 Å². The molecule has 28 heavy (non-hydrogen) atoms. The Morgan fingerprint density at radius 2 is 2.00 bits per heavy atom. The second-order valence-electron chi connectivity index (χ2n) is 6.69. The molecule has 2 aromatic heterocycles. The van der Waals surface area contributed by atoms with Crippen LogP contribution >= 0.6 is 0 Å². The first kappa shape index (κ1) is 18.1. The van der Waals surface area contributed by atoms with Gasteiger partial charge in [0.05, 0.1) is 0 Å². The van der Waals surface area contributed by atoms with E-state index in [0.717, 1.165) is 12.8 Å². The number of carbonyl (C=O) groups excluding carboxylic acids is 1. The molecule has 7 nitrogen and oxygen atoms in total. The fourth-order valence-electron chi connectivity index (χ4n) is 3.37. The van der Waals surface area contributed by atoms with Crippen LogP contribution in [0.5, 0.6) is 11.6 Å². The Morgan fingerprint density at radius 3 is 2.79 bits per heavy atom. The Labute approximate surface area is 161 Å². The number of carbonyl (C=O) groups is 1. The minimum Gasteiger partial charge on any atom is -0.437 e. The van der Waals surface area contributed by atoms with Gasteiger partial charge >= 0.3 is 0 Å². The summed E-state index contributed by atoms with van der Waals surface area (Å²) in [7, 11) is 0. The highest BCUT2D eigenvalue weighted by Gasteiger charge is 2.28. The summed E-state index contributed by atoms with van der Waals surface area (Å²) in [5.41, 5.74) is 0.711. The highest BCUT2D eigenvalue weighted by Crippen LogP contribution is 2.32. The average Bonchev–Trinajstić information content (AvgIpc) is 3.23. The highest BCUT2D eigenvalue weighted by atomic mass is 19.1. The molecule has 0 bridgehead atoms. The molecule has 0 saturated carbocycles. The minimum atomic E-state index is -0.328. The Kier molecular flexibility index (Phi) is 5.27. The minimum absolute atomic E-state index is 0.0262. The van der Waals surface area contributed by atoms with E-state index >= 15 is 0 Å². The van der Waals surface area contributed by atoms with Crippen LogP contribution in [0.4, 0.5) is 4.39 Å². The molecular weight excluding hydrogens is 361 g/mol. The van der Waals surface area contributed by atoms with Crippen LogP contribution in [0.15, 0.2) is 55.1 Å². The number of amides is 1. The van der Waals surface area contributed by atoms with Crippen LogP contribution in [0.25, 0.3) is 0 Å². The van der Waals surface area contributed by atoms with Gasteiger partial charge in [-0.2, -0.15) is 5.10 Å². The standard InChI is InChI=1S/C20H20FN5O2/c21-16-4-6-17(7-5-16)28-20-19(22-9-10-23-20)15-3-1-11-25(13-15)18(27)14-26-12-2-8-24-26/h2,4-10,12,15H,1,3,11,13-14H2. The molecule has 1 atom stereocenters. The number of ether oxygens (including phenoxy) is 1. The summed E-state index contributed by atoms with van der Waals surface area (Å²) >= 11 is 0. The second-order valence-corrected chi connectivity index (χ2v) is 6.69. The van der Waals surface area contributed by atoms with Gasteiger partial charge in [-0.15, -0.1) is 0 Å². The van der Waals surface area contributed by atoms with Crippen LogP contribution in [0.1, 0.15) is 24.5 Å². The van der Waals surface area contributed by atoms with Gasteiger partial charge in [-0.3, -0.25) is 14.5 Å². The molecule has 3 heterocycles. The maximum absolute atomic E-state index is 13.1. The monoisotopic (exact) mass is 381 g/mol. The summed E-state index contributed by atoms with van der Waals surface area (Å²) < 4.78 is 20.6. The van der Waals surface area contributed by atoms with Gasteiger partial charge < -0.3 is 9.64 Å². The van der Waals surface area contributed by atoms with E-state index in [1.807, 2.05) is 4.90 Å². The first-order chi connectivity index (χ1) is 13.7. The number of piperidine rings is 1. The van der Waals surface area contributed by atoms with Crippen LogP contribution in [0.2, 0.25) is 0 Å². The number of nitrogens with zero attached hydrogens (tertiary/aromatic N) is 5. The predicted octanol–water partition coefficient (Wildman–Crippen LogP) is 3.01. The smallest absolute Gasteiger partial charge is 0.244 e. The molecule has 0 spiro atoms. The lowest BCUT2D eigenvalue weighted by Gasteiger charge is -2.32. The molecule has 8 heteroatoms. The van der Waals surface area contributed by atoms with E-state index in [1.54, 1.807) is 47.7 Å². The van der Waals surface area contributed by atoms with Crippen LogP contribution < -0.4 is 4.74 Å². The Hall–Kier alpha value is -3.29. The van der Waals surface area contributed by atoms with Crippen molar-refractivity contribution in [2.45, 2.75) is 25.3 Å². The molecule has 0 N–H and O–H groups in total. The van der Waals surface area contributed by atoms with Gasteiger partial charge in [-0.25, -0.2) is 9.37 Å². The van der Waals surface area contributed by atoms with Gasteiger partial charge in [0.1, 0.15) is 23.8 Å². The van der Waals surface area contributed by atoms with Gasteiger partial charge in [0.25, 0.3) is 0 Å². The summed E-state index contributed by atoms with van der Waals surface area (Å²) in [6, 6.07) is 7.57. The average molecular weight is 381 g/mol. The van der Waals surface area contributed by atoms with Crippen molar-refractivity contribution in [3.8, 4) is 11.6 Å². The lowest BCUT2D eigenvalue weighted by Crippen LogP contribution is -2.41. The lowest BCUT2D eigenvalue weighted by atomic mass is 9.94. The molecule has 3 aromatic rings. The molecule has 1 fully saturated rings. The van der Waals surface area contributed by atoms with Crippen molar-refractivity contribution < 1.29 is 13.9 Å². The number of likely N-dealkylation sites (tertiary alicyclic amines) is 1. The molecule has 4 rings (SSSR count). The van der Waals surface area contributed by atoms with Crippen LogP contribution in [-0.4, -0.2) is 43.6 Å². The zero-order chi connectivity index (χ0) is 19.3. The number of aromatic nitrogens is 4. The number of hydrogen-bond donors (Lipinski definition) is 0. The summed E-state index contributed by atoms with van der Waals surface area (Å²) in [4.78, 5) is 23.2. The molecule has 1 unspecified atom stereocenters. The van der Waals surface area contributed by atoms with Gasteiger partial charge in [0, 0.05) is 43.8 Å². The van der Waals surface area contributed by atoms with E-state index in [0.29, 0.717) is 30.4 Å². The van der Waals surface area contributed by atoms with Crippen molar-refractivity contribution in [1.82, 2.24) is 24.6 Å². The second kappa shape index (κ2) is 8.16. The molecule has 1 aliphatic rings. The van der Waals surface area contributed by atoms with E-state index < -0.39 is 0 Å². The first-order valence-electron chi connectivity index (χ1n) is 9.18. The molecule has 1 saturated heterocycles. The SMILES string of the molecule is O=C(Cn1cccn1)N1CCCC(c2nccnc2Oc2ccc(F)cc2)C1. The zero-order valence-corrected chi connectivity index (χ0v) is 15.2. The van der Waals surface area contributed by atoms with Crippen molar-refractivity contribution in [3.63, 3.8) is 0 Å². The fraction of sp³-hybridized carbons (Fsp3) is 0.300. The van der Waals surface area contributed by atoms with Crippen LogP contribution in [0.3, 0.4) is 0 Å². The summed E-state index contributed by atoms with van der Waals surface area (Å²) in [5.74, 6) is 0.606. The van der Waals surface area contributed by atoms with Crippen LogP contribution in [-0.2, 0) is 11.3 Å². The number of halogens is 1. The van der Waals surface area contributed by atoms with E-state index in [9.17, 15) is 9.18 Å². The van der Waals surface area contributed by atoms with Gasteiger partial charge in [0.2, 0.25) is 11.8 Å². The summed E-state index contributed by atoms with van der Waals surface area (Å²) in [5, 5.41) is 4.10. The zero-order valence-electron chi connectivity index (χ0n) is 15.2. The maximum atomic E-state index is 13.1. The van der Waals surface area contributed by atoms with Gasteiger partial charge in [-0.05, 0) is 43.2 Å². The third-order valence-corrected chi connectivity index (χ3v) is 4.74. The molecule has 1 amide bonds. The molecule has 1 aliphatic heterocycles. The molecule has 144 valence electrons. The Bertz CT molecular complexity index is 930. The fourth-order valence-corrected chi connectivity index (χ4v) is 3.37. The lowest BCUT2D eigenvalue weighted by molar-refractivity contribution is -0.133. The number of rotatable bonds is 5. The third kappa shape index (κ3) is 4.16. The Morgan fingerprint density at radius 1 is 1.18 bits per heavy atom. The quantitative estimate of drug-likeness (QED) is 0.679. The molecular formula is C20H20FN5O2. The number of benzene rings is 1. The van der Waals surface area contributed by atoms with Crippen molar-refractivity contribution in [2.24, 2.45) is 0 Å². The van der Waals surface area contributed by atoms with E-state index in [-0.39, 0.29) is 24.2 Å². The van der Waals surface area contributed by atoms with Crippen LogP contribution in [0, 0.1) is 5.82 Å². The highest BCUT2D eigenvalue weighted by molar-refractivity contribution is 5.76. The van der Waals surface area contributed by atoms with Crippen molar-refractivity contribution in [2.75, 3.05) is 13.1 Å².